The van der Waals surface area contributed by atoms with E-state index in [0.29, 0.717) is 0 Å². The van der Waals surface area contributed by atoms with Gasteiger partial charge in [-0.15, -0.1) is 0 Å². The summed E-state index contributed by atoms with van der Waals surface area (Å²) in [6.45, 7) is 0. The highest BCUT2D eigenvalue weighted by Gasteiger charge is 2.28. The van der Waals surface area contributed by atoms with E-state index in [4.69, 9.17) is 0 Å². The Bertz CT molecular complexity index is 121. The Balaban J connectivity index is 1.69. The van der Waals surface area contributed by atoms with Gasteiger partial charge in [-0.05, 0) is 36.6 Å². The van der Waals surface area contributed by atoms with Crippen molar-refractivity contribution in [2.75, 3.05) is 17.3 Å². The maximum absolute atomic E-state index is 1.61. The quantitative estimate of drug-likeness (QED) is 0.580. The van der Waals surface area contributed by atoms with Crippen LogP contribution in [0.5, 0.6) is 0 Å². The molecule has 1 saturated heterocycles. The maximum Gasteiger partial charge on any atom is 0.111 e. The van der Waals surface area contributed by atoms with Gasteiger partial charge in [0.2, 0.25) is 0 Å². The maximum atomic E-state index is 1.61. The molecular formula is C11H21S+. The Morgan fingerprint density at radius 1 is 0.833 bits per heavy atom. The summed E-state index contributed by atoms with van der Waals surface area (Å²) in [5.41, 5.74) is 0. The van der Waals surface area contributed by atoms with Crippen molar-refractivity contribution in [3.8, 4) is 0 Å². The van der Waals surface area contributed by atoms with E-state index in [9.17, 15) is 0 Å². The zero-order chi connectivity index (χ0) is 8.23. The topological polar surface area (TPSA) is 0 Å². The van der Waals surface area contributed by atoms with Crippen LogP contribution in [0.3, 0.4) is 0 Å². The van der Waals surface area contributed by atoms with Gasteiger partial charge in [0.1, 0.15) is 17.3 Å². The van der Waals surface area contributed by atoms with Gasteiger partial charge in [-0.1, -0.05) is 19.3 Å². The number of hydrogen-bond acceptors (Lipinski definition) is 0. The first-order valence-electron chi connectivity index (χ1n) is 5.59. The monoisotopic (exact) mass is 185 g/mol. The van der Waals surface area contributed by atoms with E-state index in [2.05, 4.69) is 0 Å². The summed E-state index contributed by atoms with van der Waals surface area (Å²) >= 11 is 0. The van der Waals surface area contributed by atoms with Crippen molar-refractivity contribution in [2.45, 2.75) is 44.9 Å². The molecule has 0 atom stereocenters. The SMILES string of the molecule is C1CCC(C[S+]2CCCC2)CC1. The predicted molar refractivity (Wildman–Crippen MR) is 57.8 cm³/mol. The average molecular weight is 185 g/mol. The van der Waals surface area contributed by atoms with Gasteiger partial charge < -0.3 is 0 Å². The van der Waals surface area contributed by atoms with E-state index in [0.717, 1.165) is 16.8 Å². The van der Waals surface area contributed by atoms with Crippen molar-refractivity contribution in [1.29, 1.82) is 0 Å². The zero-order valence-corrected chi connectivity index (χ0v) is 8.87. The molecule has 2 rings (SSSR count). The van der Waals surface area contributed by atoms with Crippen molar-refractivity contribution in [3.63, 3.8) is 0 Å². The first-order valence-corrected chi connectivity index (χ1v) is 7.32. The third kappa shape index (κ3) is 2.42. The fraction of sp³-hybridized carbons (Fsp3) is 1.00. The highest BCUT2D eigenvalue weighted by atomic mass is 32.2. The van der Waals surface area contributed by atoms with Gasteiger partial charge in [0.05, 0.1) is 0 Å². The molecule has 1 heteroatoms. The van der Waals surface area contributed by atoms with E-state index < -0.39 is 0 Å². The molecule has 1 aliphatic carbocycles. The fourth-order valence-corrected chi connectivity index (χ4v) is 5.33. The van der Waals surface area contributed by atoms with Gasteiger partial charge in [0.15, 0.2) is 0 Å². The molecule has 0 aromatic rings. The average Bonchev–Trinajstić information content (AvgIpc) is 2.59. The Kier molecular flexibility index (Phi) is 3.38. The molecule has 0 aromatic heterocycles. The second kappa shape index (κ2) is 4.55. The molecule has 0 bridgehead atoms. The molecule has 0 radical (unpaired) electrons. The first kappa shape index (κ1) is 8.93. The van der Waals surface area contributed by atoms with Crippen molar-refractivity contribution >= 4 is 10.9 Å². The first-order chi connectivity index (χ1) is 5.95. The standard InChI is InChI=1S/C11H21S/c1-2-6-11(7-3-1)10-12-8-4-5-9-12/h11H,1-10H2/q+1. The molecule has 0 aromatic carbocycles. The molecule has 1 aliphatic heterocycles. The normalized spacial score (nSPS) is 28.0. The van der Waals surface area contributed by atoms with Crippen molar-refractivity contribution < 1.29 is 0 Å². The van der Waals surface area contributed by atoms with Crippen LogP contribution in [-0.4, -0.2) is 17.3 Å². The summed E-state index contributed by atoms with van der Waals surface area (Å²) in [7, 11) is 0.875. The van der Waals surface area contributed by atoms with Crippen molar-refractivity contribution in [1.82, 2.24) is 0 Å². The summed E-state index contributed by atoms with van der Waals surface area (Å²) in [5, 5.41) is 0. The summed E-state index contributed by atoms with van der Waals surface area (Å²) in [6.07, 6.45) is 10.8. The minimum Gasteiger partial charge on any atom is -0.0533 e. The van der Waals surface area contributed by atoms with Crippen LogP contribution in [0.2, 0.25) is 0 Å². The molecule has 0 amide bonds. The lowest BCUT2D eigenvalue weighted by molar-refractivity contribution is 0.390. The smallest absolute Gasteiger partial charge is 0.0533 e. The number of hydrogen-bond donors (Lipinski definition) is 0. The summed E-state index contributed by atoms with van der Waals surface area (Å²) < 4.78 is 0. The van der Waals surface area contributed by atoms with E-state index in [-0.39, 0.29) is 0 Å². The minimum atomic E-state index is 0.875. The van der Waals surface area contributed by atoms with Gasteiger partial charge in [0.25, 0.3) is 0 Å². The fourth-order valence-electron chi connectivity index (χ4n) is 2.57. The van der Waals surface area contributed by atoms with Crippen LogP contribution in [0.4, 0.5) is 0 Å². The molecule has 12 heavy (non-hydrogen) atoms. The van der Waals surface area contributed by atoms with Gasteiger partial charge in [-0.2, -0.15) is 0 Å². The predicted octanol–water partition coefficient (Wildman–Crippen LogP) is 2.98. The van der Waals surface area contributed by atoms with E-state index >= 15 is 0 Å². The van der Waals surface area contributed by atoms with Crippen LogP contribution < -0.4 is 0 Å². The van der Waals surface area contributed by atoms with Crippen LogP contribution in [0.1, 0.15) is 44.9 Å². The van der Waals surface area contributed by atoms with Crippen molar-refractivity contribution in [2.24, 2.45) is 5.92 Å². The molecule has 0 spiro atoms. The third-order valence-electron chi connectivity index (χ3n) is 3.31. The molecule has 0 unspecified atom stereocenters. The Labute approximate surface area is 79.5 Å². The largest absolute Gasteiger partial charge is 0.111 e. The van der Waals surface area contributed by atoms with Crippen LogP contribution >= 0.6 is 0 Å². The van der Waals surface area contributed by atoms with Gasteiger partial charge in [-0.25, -0.2) is 0 Å². The lowest BCUT2D eigenvalue weighted by atomic mass is 9.91. The zero-order valence-electron chi connectivity index (χ0n) is 8.06. The number of rotatable bonds is 2. The highest BCUT2D eigenvalue weighted by molar-refractivity contribution is 7.97. The lowest BCUT2D eigenvalue weighted by Crippen LogP contribution is -2.19. The Morgan fingerprint density at radius 3 is 2.17 bits per heavy atom. The van der Waals surface area contributed by atoms with Gasteiger partial charge >= 0.3 is 0 Å². The van der Waals surface area contributed by atoms with E-state index in [1.807, 2.05) is 0 Å². The summed E-state index contributed by atoms with van der Waals surface area (Å²) in [6, 6.07) is 0. The van der Waals surface area contributed by atoms with E-state index in [1.54, 1.807) is 30.1 Å². The van der Waals surface area contributed by atoms with Crippen LogP contribution in [0.15, 0.2) is 0 Å². The lowest BCUT2D eigenvalue weighted by Gasteiger charge is -2.19. The molecular weight excluding hydrogens is 164 g/mol. The van der Waals surface area contributed by atoms with Crippen LogP contribution in [-0.2, 0) is 10.9 Å². The van der Waals surface area contributed by atoms with Gasteiger partial charge in [-0.3, -0.25) is 0 Å². The molecule has 1 saturated carbocycles. The third-order valence-corrected chi connectivity index (χ3v) is 5.99. The minimum absolute atomic E-state index is 0.875. The second-order valence-corrected chi connectivity index (χ2v) is 6.77. The molecule has 1 heterocycles. The Hall–Kier alpha value is 0.350. The highest BCUT2D eigenvalue weighted by Crippen LogP contribution is 2.27. The summed E-state index contributed by atoms with van der Waals surface area (Å²) in [4.78, 5) is 0. The van der Waals surface area contributed by atoms with Crippen molar-refractivity contribution in [3.05, 3.63) is 0 Å². The Morgan fingerprint density at radius 2 is 1.50 bits per heavy atom. The molecule has 70 valence electrons. The van der Waals surface area contributed by atoms with Crippen LogP contribution in [0.25, 0.3) is 0 Å². The van der Waals surface area contributed by atoms with Gasteiger partial charge in [0, 0.05) is 5.92 Å². The second-order valence-electron chi connectivity index (χ2n) is 4.40. The van der Waals surface area contributed by atoms with E-state index in [1.165, 1.54) is 32.1 Å². The van der Waals surface area contributed by atoms with Crippen LogP contribution in [0, 0.1) is 5.92 Å². The molecule has 0 nitrogen and oxygen atoms in total. The molecule has 2 fully saturated rings. The summed E-state index contributed by atoms with van der Waals surface area (Å²) in [5.74, 6) is 5.91. The molecule has 2 aliphatic rings. The molecule has 0 N–H and O–H groups in total.